The first kappa shape index (κ1) is 20.5. The minimum Gasteiger partial charge on any atom is -0.299 e. The van der Waals surface area contributed by atoms with Gasteiger partial charge in [0.25, 0.3) is 0 Å². The van der Waals surface area contributed by atoms with E-state index < -0.39 is 5.92 Å². The number of hydrogen-bond acceptors (Lipinski definition) is 4. The topological polar surface area (TPSA) is 66.8 Å². The van der Waals surface area contributed by atoms with Crippen molar-refractivity contribution in [2.45, 2.75) is 85.7 Å². The zero-order chi connectivity index (χ0) is 18.4. The van der Waals surface area contributed by atoms with Crippen molar-refractivity contribution in [2.75, 3.05) is 0 Å². The number of carbonyl (C=O) groups excluding carboxylic acids is 3. The highest BCUT2D eigenvalue weighted by molar-refractivity contribution is 6.22. The van der Waals surface area contributed by atoms with Gasteiger partial charge in [-0.2, -0.15) is 0 Å². The zero-order valence-corrected chi connectivity index (χ0v) is 16.0. The minimum atomic E-state index is -0.956. The van der Waals surface area contributed by atoms with Crippen LogP contribution in [0.15, 0.2) is 4.99 Å². The van der Waals surface area contributed by atoms with E-state index in [9.17, 15) is 14.4 Å². The lowest BCUT2D eigenvalue weighted by Gasteiger charge is -2.35. The molecule has 0 aliphatic heterocycles. The van der Waals surface area contributed by atoms with Crippen LogP contribution in [0.4, 0.5) is 0 Å². The summed E-state index contributed by atoms with van der Waals surface area (Å²) in [6.45, 7) is 10.4. The lowest BCUT2D eigenvalue weighted by Crippen LogP contribution is -2.51. The Morgan fingerprint density at radius 2 is 1.42 bits per heavy atom. The second kappa shape index (κ2) is 9.09. The molecule has 1 rings (SSSR count). The van der Waals surface area contributed by atoms with E-state index in [1.165, 1.54) is 20.3 Å². The molecule has 24 heavy (non-hydrogen) atoms. The van der Waals surface area contributed by atoms with Gasteiger partial charge in [-0.3, -0.25) is 24.3 Å². The number of carbonyl (C=O) groups is 3. The zero-order valence-electron chi connectivity index (χ0n) is 16.0. The third-order valence-electron chi connectivity index (χ3n) is 4.42. The number of hydrogen-bond donors (Lipinski definition) is 0. The quantitative estimate of drug-likeness (QED) is 0.424. The molecular weight excluding hydrogens is 304 g/mol. The Balaban J connectivity index is 3.29. The lowest BCUT2D eigenvalue weighted by atomic mass is 9.87. The van der Waals surface area contributed by atoms with Crippen molar-refractivity contribution in [1.82, 2.24) is 4.90 Å². The number of aliphatic imine (C=N–C) groups is 1. The molecular formula is C19H32N2O3. The van der Waals surface area contributed by atoms with Crippen molar-refractivity contribution in [3.63, 3.8) is 0 Å². The number of amides is 1. The fourth-order valence-electron chi connectivity index (χ4n) is 3.37. The molecule has 0 unspecified atom stereocenters. The maximum atomic E-state index is 13.1. The Kier molecular flexibility index (Phi) is 7.77. The average Bonchev–Trinajstić information content (AvgIpc) is 2.46. The molecule has 1 saturated carbocycles. The second-order valence-corrected chi connectivity index (χ2v) is 7.37. The van der Waals surface area contributed by atoms with E-state index >= 15 is 0 Å². The largest absolute Gasteiger partial charge is 0.299 e. The maximum Gasteiger partial charge on any atom is 0.231 e. The predicted molar refractivity (Wildman–Crippen MR) is 96.0 cm³/mol. The van der Waals surface area contributed by atoms with Gasteiger partial charge in [-0.05, 0) is 54.4 Å². The van der Waals surface area contributed by atoms with Crippen molar-refractivity contribution >= 4 is 23.3 Å². The van der Waals surface area contributed by atoms with Gasteiger partial charge in [-0.1, -0.05) is 19.3 Å². The molecule has 0 heterocycles. The fourth-order valence-corrected chi connectivity index (χ4v) is 3.37. The molecule has 0 bridgehead atoms. The molecule has 0 aromatic rings. The molecule has 0 radical (unpaired) electrons. The van der Waals surface area contributed by atoms with Crippen LogP contribution in [-0.4, -0.2) is 40.3 Å². The van der Waals surface area contributed by atoms with Gasteiger partial charge >= 0.3 is 0 Å². The first-order valence-corrected chi connectivity index (χ1v) is 9.08. The summed E-state index contributed by atoms with van der Waals surface area (Å²) in [5.74, 6) is -1.17. The molecule has 0 atom stereocenters. The van der Waals surface area contributed by atoms with Gasteiger partial charge in [0, 0.05) is 18.0 Å². The second-order valence-electron chi connectivity index (χ2n) is 7.37. The molecule has 1 aliphatic rings. The van der Waals surface area contributed by atoms with Gasteiger partial charge in [0.1, 0.15) is 23.3 Å². The van der Waals surface area contributed by atoms with Crippen LogP contribution in [0, 0.1) is 11.8 Å². The SMILES string of the molecule is CC(=O)C(C(C)=O)C(=NC(C)C)N(C(=O)C1CCCCC1)C(C)C. The summed E-state index contributed by atoms with van der Waals surface area (Å²) in [7, 11) is 0. The molecule has 0 saturated heterocycles. The Morgan fingerprint density at radius 3 is 1.79 bits per heavy atom. The molecule has 1 amide bonds. The Hall–Kier alpha value is -1.52. The van der Waals surface area contributed by atoms with E-state index in [1.807, 2.05) is 27.7 Å². The first-order chi connectivity index (χ1) is 11.2. The summed E-state index contributed by atoms with van der Waals surface area (Å²) in [5, 5.41) is 0. The summed E-state index contributed by atoms with van der Waals surface area (Å²) in [6.07, 6.45) is 5.04. The van der Waals surface area contributed by atoms with Crippen LogP contribution in [-0.2, 0) is 14.4 Å². The van der Waals surface area contributed by atoms with E-state index in [-0.39, 0.29) is 35.5 Å². The van der Waals surface area contributed by atoms with E-state index in [0.29, 0.717) is 5.84 Å². The summed E-state index contributed by atoms with van der Waals surface area (Å²) in [5.41, 5.74) is 0. The molecule has 5 heteroatoms. The molecule has 136 valence electrons. The monoisotopic (exact) mass is 336 g/mol. The van der Waals surface area contributed by atoms with E-state index in [2.05, 4.69) is 4.99 Å². The average molecular weight is 336 g/mol. The third kappa shape index (κ3) is 5.25. The van der Waals surface area contributed by atoms with Crippen molar-refractivity contribution < 1.29 is 14.4 Å². The maximum absolute atomic E-state index is 13.1. The van der Waals surface area contributed by atoms with Crippen LogP contribution in [0.5, 0.6) is 0 Å². The van der Waals surface area contributed by atoms with Crippen LogP contribution >= 0.6 is 0 Å². The molecule has 1 aliphatic carbocycles. The number of nitrogens with zero attached hydrogens (tertiary/aromatic N) is 2. The Bertz CT molecular complexity index is 489. The molecule has 5 nitrogen and oxygen atoms in total. The highest BCUT2D eigenvalue weighted by atomic mass is 16.2. The highest BCUT2D eigenvalue weighted by Crippen LogP contribution is 2.27. The number of ketones is 2. The molecule has 0 aromatic carbocycles. The third-order valence-corrected chi connectivity index (χ3v) is 4.42. The van der Waals surface area contributed by atoms with Crippen LogP contribution in [0.25, 0.3) is 0 Å². The van der Waals surface area contributed by atoms with Gasteiger partial charge in [0.05, 0.1) is 0 Å². The van der Waals surface area contributed by atoms with E-state index in [0.717, 1.165) is 25.7 Å². The van der Waals surface area contributed by atoms with Gasteiger partial charge in [-0.25, -0.2) is 0 Å². The fraction of sp³-hybridized carbons (Fsp3) is 0.789. The molecule has 0 spiro atoms. The number of Topliss-reactive ketones (excluding diaryl/α,β-unsaturated/α-hetero) is 2. The summed E-state index contributed by atoms with van der Waals surface area (Å²) in [6, 6.07) is -0.236. The standard InChI is InChI=1S/C19H32N2O3/c1-12(2)20-18(17(14(5)22)15(6)23)21(13(3)4)19(24)16-10-8-7-9-11-16/h12-13,16-17H,7-11H2,1-6H3. The van der Waals surface area contributed by atoms with Crippen LogP contribution < -0.4 is 0 Å². The molecule has 0 N–H and O–H groups in total. The highest BCUT2D eigenvalue weighted by Gasteiger charge is 2.37. The number of amidine groups is 1. The molecule has 1 fully saturated rings. The van der Waals surface area contributed by atoms with Gasteiger partial charge in [0.15, 0.2) is 0 Å². The number of rotatable bonds is 6. The van der Waals surface area contributed by atoms with Crippen molar-refractivity contribution in [3.05, 3.63) is 0 Å². The van der Waals surface area contributed by atoms with Crippen molar-refractivity contribution in [1.29, 1.82) is 0 Å². The summed E-state index contributed by atoms with van der Waals surface area (Å²) >= 11 is 0. The Labute approximate surface area is 145 Å². The van der Waals surface area contributed by atoms with Crippen LogP contribution in [0.1, 0.15) is 73.6 Å². The smallest absolute Gasteiger partial charge is 0.231 e. The van der Waals surface area contributed by atoms with Crippen molar-refractivity contribution in [3.8, 4) is 0 Å². The van der Waals surface area contributed by atoms with Crippen LogP contribution in [0.3, 0.4) is 0 Å². The van der Waals surface area contributed by atoms with E-state index in [1.54, 1.807) is 4.90 Å². The lowest BCUT2D eigenvalue weighted by molar-refractivity contribution is -0.134. The summed E-state index contributed by atoms with van der Waals surface area (Å²) < 4.78 is 0. The van der Waals surface area contributed by atoms with E-state index in [4.69, 9.17) is 0 Å². The van der Waals surface area contributed by atoms with Gasteiger partial charge < -0.3 is 0 Å². The van der Waals surface area contributed by atoms with Gasteiger partial charge in [-0.15, -0.1) is 0 Å². The first-order valence-electron chi connectivity index (χ1n) is 9.08. The van der Waals surface area contributed by atoms with Crippen LogP contribution in [0.2, 0.25) is 0 Å². The predicted octanol–water partition coefficient (Wildman–Crippen LogP) is 3.40. The van der Waals surface area contributed by atoms with Gasteiger partial charge in [0.2, 0.25) is 5.91 Å². The minimum absolute atomic E-state index is 0.0107. The van der Waals surface area contributed by atoms with Crippen molar-refractivity contribution in [2.24, 2.45) is 16.8 Å². The summed E-state index contributed by atoms with van der Waals surface area (Å²) in [4.78, 5) is 43.5. The normalized spacial score (nSPS) is 16.8. The Morgan fingerprint density at radius 1 is 0.917 bits per heavy atom. The molecule has 0 aromatic heterocycles.